The van der Waals surface area contributed by atoms with Gasteiger partial charge in [0.25, 0.3) is 0 Å². The summed E-state index contributed by atoms with van der Waals surface area (Å²) in [4.78, 5) is 4.20. The van der Waals surface area contributed by atoms with Crippen LogP contribution in [-0.2, 0) is 10.4 Å². The van der Waals surface area contributed by atoms with Crippen molar-refractivity contribution in [2.75, 3.05) is 7.11 Å². The average molecular weight is 365 g/mol. The quantitative estimate of drug-likeness (QED) is 0.691. The van der Waals surface area contributed by atoms with E-state index >= 15 is 0 Å². The summed E-state index contributed by atoms with van der Waals surface area (Å²) in [6.45, 7) is 3.61. The van der Waals surface area contributed by atoms with Crippen LogP contribution in [0.3, 0.4) is 0 Å². The number of ether oxygens (including phenoxy) is 1. The second kappa shape index (κ2) is 6.19. The first-order valence-electron chi connectivity index (χ1n) is 6.88. The zero-order valence-electron chi connectivity index (χ0n) is 12.9. The van der Waals surface area contributed by atoms with Crippen molar-refractivity contribution >= 4 is 27.6 Å². The van der Waals surface area contributed by atoms with Crippen LogP contribution in [-0.4, -0.2) is 25.1 Å². The highest BCUT2D eigenvalue weighted by Gasteiger charge is 2.16. The summed E-state index contributed by atoms with van der Waals surface area (Å²) in [6, 6.07) is 6.78. The standard InChI is InChI=1S/C16H12FNO6S/c1-3-9-6-11(24-25(19,20)21)8-13-15(9)23-16(18-13)10-4-5-14(22-2)12(17)7-10/h3-8H,1H2,2H3,(H,19,20,21). The van der Waals surface area contributed by atoms with Crippen molar-refractivity contribution in [2.24, 2.45) is 0 Å². The molecule has 0 amide bonds. The number of rotatable bonds is 5. The van der Waals surface area contributed by atoms with Gasteiger partial charge in [0.15, 0.2) is 17.1 Å². The predicted octanol–water partition coefficient (Wildman–Crippen LogP) is 3.47. The van der Waals surface area contributed by atoms with E-state index < -0.39 is 16.2 Å². The summed E-state index contributed by atoms with van der Waals surface area (Å²) in [7, 11) is -3.33. The molecule has 7 nitrogen and oxygen atoms in total. The number of fused-ring (bicyclic) bond motifs is 1. The number of hydrogen-bond donors (Lipinski definition) is 1. The van der Waals surface area contributed by atoms with Crippen molar-refractivity contribution < 1.29 is 30.7 Å². The summed E-state index contributed by atoms with van der Waals surface area (Å²) < 4.78 is 59.3. The van der Waals surface area contributed by atoms with Crippen molar-refractivity contribution in [1.82, 2.24) is 4.98 Å². The molecule has 0 unspecified atom stereocenters. The number of methoxy groups -OCH3 is 1. The first kappa shape index (κ1) is 16.9. The molecule has 0 aliphatic carbocycles. The molecule has 0 aliphatic rings. The topological polar surface area (TPSA) is 98.9 Å². The van der Waals surface area contributed by atoms with Gasteiger partial charge in [-0.2, -0.15) is 8.42 Å². The van der Waals surface area contributed by atoms with Gasteiger partial charge in [-0.1, -0.05) is 12.7 Å². The predicted molar refractivity (Wildman–Crippen MR) is 88.2 cm³/mol. The zero-order chi connectivity index (χ0) is 18.2. The summed E-state index contributed by atoms with van der Waals surface area (Å²) in [5.41, 5.74) is 1.32. The molecule has 0 atom stereocenters. The lowest BCUT2D eigenvalue weighted by Crippen LogP contribution is -2.06. The highest BCUT2D eigenvalue weighted by atomic mass is 32.3. The van der Waals surface area contributed by atoms with Crippen LogP contribution in [0.1, 0.15) is 5.56 Å². The van der Waals surface area contributed by atoms with Gasteiger partial charge >= 0.3 is 10.4 Å². The van der Waals surface area contributed by atoms with Gasteiger partial charge in [-0.15, -0.1) is 0 Å². The molecule has 0 radical (unpaired) electrons. The van der Waals surface area contributed by atoms with Crippen LogP contribution in [0.5, 0.6) is 11.5 Å². The fraction of sp³-hybridized carbons (Fsp3) is 0.0625. The molecule has 0 aliphatic heterocycles. The van der Waals surface area contributed by atoms with E-state index in [2.05, 4.69) is 15.7 Å². The molecule has 25 heavy (non-hydrogen) atoms. The van der Waals surface area contributed by atoms with Gasteiger partial charge in [-0.25, -0.2) is 9.37 Å². The Labute approximate surface area is 142 Å². The van der Waals surface area contributed by atoms with Gasteiger partial charge in [-0.3, -0.25) is 4.55 Å². The van der Waals surface area contributed by atoms with E-state index in [-0.39, 0.29) is 22.9 Å². The Bertz CT molecular complexity index is 1070. The smallest absolute Gasteiger partial charge is 0.446 e. The van der Waals surface area contributed by atoms with Gasteiger partial charge < -0.3 is 13.3 Å². The lowest BCUT2D eigenvalue weighted by Gasteiger charge is -2.02. The molecule has 0 bridgehead atoms. The van der Waals surface area contributed by atoms with Crippen LogP contribution in [0.15, 0.2) is 41.3 Å². The number of hydrogen-bond acceptors (Lipinski definition) is 6. The third kappa shape index (κ3) is 3.47. The third-order valence-electron chi connectivity index (χ3n) is 3.31. The minimum absolute atomic E-state index is 0.0791. The number of nitrogens with zero attached hydrogens (tertiary/aromatic N) is 1. The molecule has 3 aromatic rings. The molecular weight excluding hydrogens is 353 g/mol. The average Bonchev–Trinajstić information content (AvgIpc) is 2.96. The molecule has 0 spiro atoms. The second-order valence-corrected chi connectivity index (χ2v) is 5.97. The maximum absolute atomic E-state index is 13.9. The summed E-state index contributed by atoms with van der Waals surface area (Å²) in [5, 5.41) is 0. The van der Waals surface area contributed by atoms with Crippen molar-refractivity contribution in [3.05, 3.63) is 48.3 Å². The Morgan fingerprint density at radius 3 is 2.68 bits per heavy atom. The van der Waals surface area contributed by atoms with E-state index in [0.29, 0.717) is 16.7 Å². The molecule has 0 saturated heterocycles. The molecule has 0 saturated carbocycles. The van der Waals surface area contributed by atoms with E-state index in [4.69, 9.17) is 13.7 Å². The summed E-state index contributed by atoms with van der Waals surface area (Å²) in [6.07, 6.45) is 1.41. The lowest BCUT2D eigenvalue weighted by atomic mass is 10.2. The normalized spacial score (nSPS) is 11.5. The van der Waals surface area contributed by atoms with Crippen molar-refractivity contribution in [3.63, 3.8) is 0 Å². The number of oxazole rings is 1. The molecule has 1 aromatic heterocycles. The molecule has 130 valence electrons. The molecule has 0 fully saturated rings. The Morgan fingerprint density at radius 1 is 1.32 bits per heavy atom. The highest BCUT2D eigenvalue weighted by molar-refractivity contribution is 7.81. The van der Waals surface area contributed by atoms with E-state index in [0.717, 1.165) is 0 Å². The van der Waals surface area contributed by atoms with Crippen LogP contribution in [0.2, 0.25) is 0 Å². The number of benzene rings is 2. The van der Waals surface area contributed by atoms with E-state index in [1.165, 1.54) is 37.5 Å². The maximum Gasteiger partial charge on any atom is 0.446 e. The fourth-order valence-electron chi connectivity index (χ4n) is 2.28. The monoisotopic (exact) mass is 365 g/mol. The van der Waals surface area contributed by atoms with Gasteiger partial charge in [0, 0.05) is 17.2 Å². The zero-order valence-corrected chi connectivity index (χ0v) is 13.7. The van der Waals surface area contributed by atoms with Crippen molar-refractivity contribution in [2.45, 2.75) is 0 Å². The third-order valence-corrected chi connectivity index (χ3v) is 3.72. The van der Waals surface area contributed by atoms with Crippen LogP contribution in [0.25, 0.3) is 28.6 Å². The summed E-state index contributed by atoms with van der Waals surface area (Å²) in [5.74, 6) is -0.550. The summed E-state index contributed by atoms with van der Waals surface area (Å²) >= 11 is 0. The van der Waals surface area contributed by atoms with Crippen LogP contribution in [0, 0.1) is 5.82 Å². The lowest BCUT2D eigenvalue weighted by molar-refractivity contribution is 0.386. The van der Waals surface area contributed by atoms with Crippen LogP contribution >= 0.6 is 0 Å². The van der Waals surface area contributed by atoms with E-state index in [1.807, 2.05) is 0 Å². The number of aromatic nitrogens is 1. The highest BCUT2D eigenvalue weighted by Crippen LogP contribution is 2.32. The van der Waals surface area contributed by atoms with Gasteiger partial charge in [0.05, 0.1) is 7.11 Å². The first-order chi connectivity index (χ1) is 11.8. The molecule has 3 rings (SSSR count). The van der Waals surface area contributed by atoms with E-state index in [1.54, 1.807) is 6.07 Å². The van der Waals surface area contributed by atoms with E-state index in [9.17, 15) is 12.8 Å². The maximum atomic E-state index is 13.9. The molecule has 2 aromatic carbocycles. The minimum atomic E-state index is -4.69. The first-order valence-corrected chi connectivity index (χ1v) is 8.25. The Hall–Kier alpha value is -2.91. The Balaban J connectivity index is 2.13. The molecule has 1 N–H and O–H groups in total. The number of halogens is 1. The Kier molecular flexibility index (Phi) is 4.19. The van der Waals surface area contributed by atoms with Crippen LogP contribution < -0.4 is 8.92 Å². The van der Waals surface area contributed by atoms with Crippen LogP contribution in [0.4, 0.5) is 4.39 Å². The second-order valence-electron chi connectivity index (χ2n) is 4.94. The SMILES string of the molecule is C=Cc1cc(OS(=O)(=O)O)cc2nc(-c3ccc(OC)c(F)c3)oc12. The molecule has 9 heteroatoms. The fourth-order valence-corrected chi connectivity index (χ4v) is 2.62. The molecule has 1 heterocycles. The van der Waals surface area contributed by atoms with Gasteiger partial charge in [-0.05, 0) is 24.3 Å². The molecular formula is C16H12FNO6S. The van der Waals surface area contributed by atoms with Crippen molar-refractivity contribution in [1.29, 1.82) is 0 Å². The Morgan fingerprint density at radius 2 is 2.08 bits per heavy atom. The van der Waals surface area contributed by atoms with Gasteiger partial charge in [0.2, 0.25) is 5.89 Å². The largest absolute Gasteiger partial charge is 0.494 e. The minimum Gasteiger partial charge on any atom is -0.494 e. The van der Waals surface area contributed by atoms with Crippen molar-refractivity contribution in [3.8, 4) is 23.0 Å². The van der Waals surface area contributed by atoms with Gasteiger partial charge in [0.1, 0.15) is 11.3 Å².